The molecule has 17 heavy (non-hydrogen) atoms. The van der Waals surface area contributed by atoms with Gasteiger partial charge in [0.25, 0.3) is 0 Å². The molecule has 92 valence electrons. The van der Waals surface area contributed by atoms with Crippen molar-refractivity contribution in [3.63, 3.8) is 0 Å². The maximum absolute atomic E-state index is 2.52. The van der Waals surface area contributed by atoms with Crippen molar-refractivity contribution in [2.24, 2.45) is 17.3 Å². The van der Waals surface area contributed by atoms with Crippen LogP contribution >= 0.6 is 22.6 Å². The Hall–Kier alpha value is -0.0500. The summed E-state index contributed by atoms with van der Waals surface area (Å²) in [5, 5.41) is 0. The minimum absolute atomic E-state index is 0.395. The molecule has 0 aromatic heterocycles. The summed E-state index contributed by atoms with van der Waals surface area (Å²) in [6, 6.07) is 0. The summed E-state index contributed by atoms with van der Waals surface area (Å²) in [6.45, 7) is 7.25. The summed E-state index contributed by atoms with van der Waals surface area (Å²) in [4.78, 5) is 0. The molecule has 0 heterocycles. The second-order valence-corrected chi connectivity index (χ2v) is 7.84. The van der Waals surface area contributed by atoms with Crippen LogP contribution in [0.1, 0.15) is 46.5 Å². The van der Waals surface area contributed by atoms with Crippen LogP contribution in [0.15, 0.2) is 32.5 Å². The second-order valence-electron chi connectivity index (χ2n) is 6.46. The molecule has 2 unspecified atom stereocenters. The summed E-state index contributed by atoms with van der Waals surface area (Å²) >= 11 is 2.52. The Kier molecular flexibility index (Phi) is 2.81. The van der Waals surface area contributed by atoms with Crippen LogP contribution in [0.25, 0.3) is 0 Å². The molecule has 3 rings (SSSR count). The molecule has 1 heteroatoms. The maximum Gasteiger partial charge on any atom is -0.00665 e. The van der Waals surface area contributed by atoms with Gasteiger partial charge in [-0.15, -0.1) is 0 Å². The summed E-state index contributed by atoms with van der Waals surface area (Å²) in [5.41, 5.74) is 5.49. The lowest BCUT2D eigenvalue weighted by atomic mass is 9.69. The van der Waals surface area contributed by atoms with Gasteiger partial charge in [0.2, 0.25) is 0 Å². The van der Waals surface area contributed by atoms with Crippen LogP contribution in [0.4, 0.5) is 0 Å². The third-order valence-corrected chi connectivity index (χ3v) is 5.95. The van der Waals surface area contributed by atoms with Gasteiger partial charge in [0.1, 0.15) is 0 Å². The normalized spacial score (nSPS) is 35.1. The molecule has 0 aromatic carbocycles. The first-order valence-electron chi connectivity index (χ1n) is 6.75. The largest absolute Gasteiger partial charge is 0.0850 e. The van der Waals surface area contributed by atoms with E-state index in [0.717, 1.165) is 11.8 Å². The first-order chi connectivity index (χ1) is 8.00. The van der Waals surface area contributed by atoms with Crippen LogP contribution in [0, 0.1) is 17.3 Å². The average molecular weight is 340 g/mol. The van der Waals surface area contributed by atoms with E-state index in [0.29, 0.717) is 5.41 Å². The van der Waals surface area contributed by atoms with Crippen LogP contribution in [0.2, 0.25) is 0 Å². The quantitative estimate of drug-likeness (QED) is 0.409. The molecule has 0 amide bonds. The molecular formula is C16H21I. The van der Waals surface area contributed by atoms with Crippen molar-refractivity contribution in [3.05, 3.63) is 32.5 Å². The molecule has 0 saturated carbocycles. The van der Waals surface area contributed by atoms with Crippen LogP contribution < -0.4 is 0 Å². The van der Waals surface area contributed by atoms with Gasteiger partial charge in [0, 0.05) is 0 Å². The van der Waals surface area contributed by atoms with E-state index in [1.807, 2.05) is 0 Å². The first kappa shape index (κ1) is 12.0. The van der Waals surface area contributed by atoms with Crippen LogP contribution in [0.5, 0.6) is 0 Å². The van der Waals surface area contributed by atoms with Crippen molar-refractivity contribution in [1.82, 2.24) is 0 Å². The molecule has 0 fully saturated rings. The van der Waals surface area contributed by atoms with Crippen LogP contribution in [0.3, 0.4) is 0 Å². The fraction of sp³-hybridized carbons (Fsp3) is 0.625. The van der Waals surface area contributed by atoms with E-state index in [-0.39, 0.29) is 0 Å². The van der Waals surface area contributed by atoms with Crippen molar-refractivity contribution in [1.29, 1.82) is 0 Å². The van der Waals surface area contributed by atoms with Gasteiger partial charge >= 0.3 is 0 Å². The summed E-state index contributed by atoms with van der Waals surface area (Å²) < 4.78 is 1.55. The van der Waals surface area contributed by atoms with Crippen LogP contribution in [-0.2, 0) is 0 Å². The van der Waals surface area contributed by atoms with E-state index in [9.17, 15) is 0 Å². The molecular weight excluding hydrogens is 319 g/mol. The average Bonchev–Trinajstić information content (AvgIpc) is 2.49. The minimum Gasteiger partial charge on any atom is -0.0850 e. The lowest BCUT2D eigenvalue weighted by Crippen LogP contribution is -2.27. The summed E-state index contributed by atoms with van der Waals surface area (Å²) in [5.74, 6) is 1.71. The number of halogens is 1. The van der Waals surface area contributed by atoms with Gasteiger partial charge in [-0.3, -0.25) is 0 Å². The summed E-state index contributed by atoms with van der Waals surface area (Å²) in [7, 11) is 0. The molecule has 3 aliphatic rings. The van der Waals surface area contributed by atoms with Crippen molar-refractivity contribution in [2.75, 3.05) is 0 Å². The zero-order chi connectivity index (χ0) is 12.2. The predicted molar refractivity (Wildman–Crippen MR) is 82.1 cm³/mol. The lowest BCUT2D eigenvalue weighted by molar-refractivity contribution is 0.225. The van der Waals surface area contributed by atoms with E-state index in [1.54, 1.807) is 20.3 Å². The molecule has 0 aliphatic heterocycles. The zero-order valence-corrected chi connectivity index (χ0v) is 13.2. The van der Waals surface area contributed by atoms with Gasteiger partial charge in [0.15, 0.2) is 0 Å². The highest BCUT2D eigenvalue weighted by Crippen LogP contribution is 2.58. The molecule has 3 aliphatic carbocycles. The number of hydrogen-bond donors (Lipinski definition) is 0. The molecule has 0 saturated heterocycles. The highest BCUT2D eigenvalue weighted by molar-refractivity contribution is 14.1. The van der Waals surface area contributed by atoms with Crippen molar-refractivity contribution >= 4 is 22.6 Å². The third-order valence-electron chi connectivity index (χ3n) is 5.10. The Bertz CT molecular complexity index is 448. The first-order valence-corrected chi connectivity index (χ1v) is 7.83. The van der Waals surface area contributed by atoms with E-state index < -0.39 is 0 Å². The van der Waals surface area contributed by atoms with E-state index in [1.165, 1.54) is 25.7 Å². The Morgan fingerprint density at radius 2 is 2.06 bits per heavy atom. The monoisotopic (exact) mass is 340 g/mol. The highest BCUT2D eigenvalue weighted by Gasteiger charge is 2.47. The highest BCUT2D eigenvalue weighted by atomic mass is 127. The predicted octanol–water partition coefficient (Wildman–Crippen LogP) is 5.41. The lowest BCUT2D eigenvalue weighted by Gasteiger charge is -2.35. The number of rotatable bonds is 0. The Morgan fingerprint density at radius 1 is 1.29 bits per heavy atom. The number of allylic oxidation sites excluding steroid dienone is 6. The molecule has 0 nitrogen and oxygen atoms in total. The SMILES string of the molecule is CC1=CCC2C3=C(C=C(I)CC3)C(C)(C)C2C1. The van der Waals surface area contributed by atoms with Gasteiger partial charge in [0.05, 0.1) is 0 Å². The van der Waals surface area contributed by atoms with Gasteiger partial charge in [-0.1, -0.05) is 31.1 Å². The minimum atomic E-state index is 0.395. The van der Waals surface area contributed by atoms with Gasteiger partial charge < -0.3 is 0 Å². The van der Waals surface area contributed by atoms with E-state index in [4.69, 9.17) is 0 Å². The maximum atomic E-state index is 2.52. The van der Waals surface area contributed by atoms with Gasteiger partial charge in [-0.2, -0.15) is 0 Å². The standard InChI is InChI=1S/C16H21I/c1-10-4-6-12-13-7-5-11(17)9-15(13)16(2,3)14(12)8-10/h4,9,12,14H,5-8H2,1-3H3. The topological polar surface area (TPSA) is 0 Å². The van der Waals surface area contributed by atoms with Crippen LogP contribution in [-0.4, -0.2) is 0 Å². The second kappa shape index (κ2) is 3.97. The molecule has 0 N–H and O–H groups in total. The molecule has 0 spiro atoms. The van der Waals surface area contributed by atoms with Crippen molar-refractivity contribution in [2.45, 2.75) is 46.5 Å². The Labute approximate surface area is 118 Å². The third kappa shape index (κ3) is 1.76. The molecule has 2 atom stereocenters. The number of hydrogen-bond acceptors (Lipinski definition) is 0. The van der Waals surface area contributed by atoms with Gasteiger partial charge in [-0.05, 0) is 87.7 Å². The van der Waals surface area contributed by atoms with Gasteiger partial charge in [-0.25, -0.2) is 0 Å². The van der Waals surface area contributed by atoms with E-state index in [2.05, 4.69) is 55.5 Å². The number of fused-ring (bicyclic) bond motifs is 2. The fourth-order valence-corrected chi connectivity index (χ4v) is 4.68. The molecule has 0 radical (unpaired) electrons. The zero-order valence-electron chi connectivity index (χ0n) is 11.0. The summed E-state index contributed by atoms with van der Waals surface area (Å²) in [6.07, 6.45) is 10.2. The van der Waals surface area contributed by atoms with Crippen molar-refractivity contribution < 1.29 is 0 Å². The van der Waals surface area contributed by atoms with Crippen molar-refractivity contribution in [3.8, 4) is 0 Å². The fourth-order valence-electron chi connectivity index (χ4n) is 4.10. The van der Waals surface area contributed by atoms with E-state index >= 15 is 0 Å². The molecule has 0 aromatic rings. The Balaban J connectivity index is 2.05. The molecule has 0 bridgehead atoms. The smallest absolute Gasteiger partial charge is 0.00665 e. The Morgan fingerprint density at radius 3 is 2.82 bits per heavy atom.